The molecular weight excluding hydrogens is 303 g/mol. The van der Waals surface area contributed by atoms with Crippen LogP contribution in [0.15, 0.2) is 23.1 Å². The molecule has 0 N–H and O–H groups in total. The summed E-state index contributed by atoms with van der Waals surface area (Å²) < 4.78 is 45.0. The molecule has 1 fully saturated rings. The number of benzene rings is 1. The van der Waals surface area contributed by atoms with E-state index >= 15 is 0 Å². The van der Waals surface area contributed by atoms with Gasteiger partial charge in [0.2, 0.25) is 15.8 Å². The Hall–Kier alpha value is -1.58. The minimum Gasteiger partial charge on any atom is -0.375 e. The van der Waals surface area contributed by atoms with E-state index in [1.54, 1.807) is 0 Å². The zero-order chi connectivity index (χ0) is 15.6. The molecule has 1 aliphatic rings. The number of hydrogen-bond acceptors (Lipinski definition) is 5. The molecule has 7 nitrogen and oxygen atoms in total. The van der Waals surface area contributed by atoms with Crippen molar-refractivity contribution in [2.45, 2.75) is 24.3 Å². The van der Waals surface area contributed by atoms with E-state index in [2.05, 4.69) is 0 Å². The van der Waals surface area contributed by atoms with Gasteiger partial charge in [0.1, 0.15) is 0 Å². The van der Waals surface area contributed by atoms with Gasteiger partial charge in [0, 0.05) is 25.2 Å². The fraction of sp³-hybridized carbons (Fsp3) is 0.500. The Morgan fingerprint density at radius 1 is 1.52 bits per heavy atom. The van der Waals surface area contributed by atoms with Crippen molar-refractivity contribution in [3.63, 3.8) is 0 Å². The number of nitrogens with zero attached hydrogens (tertiary/aromatic N) is 2. The smallest absolute Gasteiger partial charge is 0.304 e. The number of halogens is 1. The summed E-state index contributed by atoms with van der Waals surface area (Å²) in [7, 11) is -3.88. The molecule has 1 unspecified atom stereocenters. The zero-order valence-electron chi connectivity index (χ0n) is 11.4. The van der Waals surface area contributed by atoms with Crippen LogP contribution in [-0.2, 0) is 14.8 Å². The van der Waals surface area contributed by atoms with Gasteiger partial charge >= 0.3 is 5.69 Å². The Bertz CT molecular complexity index is 649. The number of morpholine rings is 1. The van der Waals surface area contributed by atoms with Crippen molar-refractivity contribution < 1.29 is 22.5 Å². The van der Waals surface area contributed by atoms with Gasteiger partial charge in [0.15, 0.2) is 0 Å². The first kappa shape index (κ1) is 15.8. The summed E-state index contributed by atoms with van der Waals surface area (Å²) in [5.74, 6) is -1.17. The van der Waals surface area contributed by atoms with Crippen molar-refractivity contribution >= 4 is 15.7 Å². The molecule has 0 aromatic heterocycles. The topological polar surface area (TPSA) is 89.8 Å². The quantitative estimate of drug-likeness (QED) is 0.620. The van der Waals surface area contributed by atoms with Crippen LogP contribution < -0.4 is 0 Å². The maximum atomic E-state index is 13.6. The zero-order valence-corrected chi connectivity index (χ0v) is 12.2. The van der Waals surface area contributed by atoms with Crippen molar-refractivity contribution in [3.05, 3.63) is 34.1 Å². The van der Waals surface area contributed by atoms with Crippen molar-refractivity contribution in [3.8, 4) is 0 Å². The highest BCUT2D eigenvalue weighted by Crippen LogP contribution is 2.24. The van der Waals surface area contributed by atoms with Gasteiger partial charge in [0.05, 0.1) is 22.5 Å². The van der Waals surface area contributed by atoms with Gasteiger partial charge in [-0.3, -0.25) is 10.1 Å². The lowest BCUT2D eigenvalue weighted by Gasteiger charge is -2.31. The monoisotopic (exact) mass is 318 g/mol. The molecule has 0 spiro atoms. The van der Waals surface area contributed by atoms with E-state index in [1.165, 1.54) is 4.31 Å². The molecule has 1 saturated heterocycles. The average molecular weight is 318 g/mol. The summed E-state index contributed by atoms with van der Waals surface area (Å²) in [5.41, 5.74) is -0.748. The maximum Gasteiger partial charge on any atom is 0.304 e. The van der Waals surface area contributed by atoms with Crippen molar-refractivity contribution in [2.75, 3.05) is 19.7 Å². The summed E-state index contributed by atoms with van der Waals surface area (Å²) in [5, 5.41) is 10.6. The molecule has 21 heavy (non-hydrogen) atoms. The third-order valence-corrected chi connectivity index (χ3v) is 5.17. The van der Waals surface area contributed by atoms with Crippen LogP contribution in [0.25, 0.3) is 0 Å². The highest BCUT2D eigenvalue weighted by atomic mass is 32.2. The lowest BCUT2D eigenvalue weighted by atomic mass is 10.2. The van der Waals surface area contributed by atoms with Crippen LogP contribution in [0.5, 0.6) is 0 Å². The second-order valence-corrected chi connectivity index (χ2v) is 6.57. The molecule has 0 aliphatic carbocycles. The Labute approximate surface area is 121 Å². The minimum absolute atomic E-state index is 0.178. The first-order valence-corrected chi connectivity index (χ1v) is 7.86. The fourth-order valence-electron chi connectivity index (χ4n) is 2.10. The number of nitro groups is 1. The molecule has 0 amide bonds. The first-order valence-electron chi connectivity index (χ1n) is 6.42. The lowest BCUT2D eigenvalue weighted by molar-refractivity contribution is -0.387. The summed E-state index contributed by atoms with van der Waals surface area (Å²) in [6, 6.07) is 2.59. The molecule has 1 heterocycles. The normalized spacial score (nSPS) is 20.4. The number of sulfonamides is 1. The summed E-state index contributed by atoms with van der Waals surface area (Å²) >= 11 is 0. The highest BCUT2D eigenvalue weighted by molar-refractivity contribution is 7.89. The van der Waals surface area contributed by atoms with Crippen LogP contribution in [0.4, 0.5) is 10.1 Å². The molecule has 1 aliphatic heterocycles. The van der Waals surface area contributed by atoms with Crippen molar-refractivity contribution in [1.29, 1.82) is 0 Å². The largest absolute Gasteiger partial charge is 0.375 e. The molecular formula is C12H15FN2O5S. The molecule has 1 aromatic rings. The molecule has 116 valence electrons. The predicted octanol–water partition coefficient (Wildman–Crippen LogP) is 1.53. The Balaban J connectivity index is 2.31. The van der Waals surface area contributed by atoms with Crippen LogP contribution in [0.1, 0.15) is 13.3 Å². The number of rotatable bonds is 4. The van der Waals surface area contributed by atoms with E-state index in [1.807, 2.05) is 6.92 Å². The fourth-order valence-corrected chi connectivity index (χ4v) is 3.57. The van der Waals surface area contributed by atoms with Gasteiger partial charge < -0.3 is 4.74 Å². The van der Waals surface area contributed by atoms with Gasteiger partial charge in [0.25, 0.3) is 0 Å². The van der Waals surface area contributed by atoms with E-state index in [0.717, 1.165) is 12.1 Å². The third-order valence-electron chi connectivity index (χ3n) is 3.31. The predicted molar refractivity (Wildman–Crippen MR) is 71.8 cm³/mol. The van der Waals surface area contributed by atoms with Crippen LogP contribution in [0.2, 0.25) is 0 Å². The average Bonchev–Trinajstić information content (AvgIpc) is 2.46. The minimum atomic E-state index is -3.88. The Morgan fingerprint density at radius 3 is 2.81 bits per heavy atom. The summed E-state index contributed by atoms with van der Waals surface area (Å²) in [6.07, 6.45) is 0.470. The highest BCUT2D eigenvalue weighted by Gasteiger charge is 2.31. The molecule has 2 rings (SSSR count). The van der Waals surface area contributed by atoms with Crippen LogP contribution in [0.3, 0.4) is 0 Å². The van der Waals surface area contributed by atoms with Gasteiger partial charge in [-0.05, 0) is 12.5 Å². The molecule has 9 heteroatoms. The van der Waals surface area contributed by atoms with Crippen LogP contribution in [0, 0.1) is 15.9 Å². The first-order chi connectivity index (χ1) is 9.86. The molecule has 0 bridgehead atoms. The van der Waals surface area contributed by atoms with Gasteiger partial charge in [-0.15, -0.1) is 0 Å². The van der Waals surface area contributed by atoms with E-state index in [0.29, 0.717) is 12.5 Å². The summed E-state index contributed by atoms with van der Waals surface area (Å²) in [4.78, 5) is 9.37. The maximum absolute atomic E-state index is 13.6. The number of nitro benzene ring substituents is 1. The number of hydrogen-bond donors (Lipinski definition) is 0. The van der Waals surface area contributed by atoms with E-state index < -0.39 is 26.5 Å². The van der Waals surface area contributed by atoms with Crippen LogP contribution >= 0.6 is 0 Å². The van der Waals surface area contributed by atoms with Gasteiger partial charge in [-0.25, -0.2) is 8.42 Å². The van der Waals surface area contributed by atoms with E-state index in [4.69, 9.17) is 4.74 Å². The number of ether oxygens (including phenoxy) is 1. The van der Waals surface area contributed by atoms with Crippen LogP contribution in [-0.4, -0.2) is 43.4 Å². The van der Waals surface area contributed by atoms with Crippen molar-refractivity contribution in [1.82, 2.24) is 4.31 Å². The molecule has 0 saturated carbocycles. The van der Waals surface area contributed by atoms with Gasteiger partial charge in [-0.1, -0.05) is 6.92 Å². The third kappa shape index (κ3) is 3.20. The Morgan fingerprint density at radius 2 is 2.24 bits per heavy atom. The molecule has 1 atom stereocenters. The summed E-state index contributed by atoms with van der Waals surface area (Å²) in [6.45, 7) is 2.52. The van der Waals surface area contributed by atoms with Crippen molar-refractivity contribution in [2.24, 2.45) is 0 Å². The molecule has 0 radical (unpaired) electrons. The second kappa shape index (κ2) is 6.04. The Kier molecular flexibility index (Phi) is 4.55. The van der Waals surface area contributed by atoms with E-state index in [9.17, 15) is 22.9 Å². The second-order valence-electron chi connectivity index (χ2n) is 4.63. The van der Waals surface area contributed by atoms with E-state index in [-0.39, 0.29) is 30.7 Å². The van der Waals surface area contributed by atoms with Gasteiger partial charge in [-0.2, -0.15) is 8.70 Å². The standard InChI is InChI=1S/C12H15FN2O5S/c1-2-9-8-14(5-6-20-9)21(18,19)10-3-4-12(15(16)17)11(13)7-10/h3-4,7,9H,2,5-6,8H2,1H3. The lowest BCUT2D eigenvalue weighted by Crippen LogP contribution is -2.45. The SMILES string of the molecule is CCC1CN(S(=O)(=O)c2ccc([N+](=O)[O-])c(F)c2)CCO1. The molecule has 1 aromatic carbocycles.